The molecule has 1 nitrogen and oxygen atoms in total. The highest BCUT2D eigenvalue weighted by atomic mass is 28.3. The van der Waals surface area contributed by atoms with Gasteiger partial charge in [-0.3, -0.25) is 0 Å². The molecule has 0 aliphatic heterocycles. The van der Waals surface area contributed by atoms with Gasteiger partial charge in [0.15, 0.2) is 0 Å². The first-order valence-electron chi connectivity index (χ1n) is 5.86. The molecule has 0 spiro atoms. The second kappa shape index (κ2) is 5.46. The zero-order chi connectivity index (χ0) is 12.2. The van der Waals surface area contributed by atoms with Crippen LogP contribution < -0.4 is 0 Å². The van der Waals surface area contributed by atoms with E-state index in [0.29, 0.717) is 0 Å². The monoisotopic (exact) mass is 233 g/mol. The Labute approximate surface area is 101 Å². The molecule has 0 fully saturated rings. The number of likely N-dealkylation sites (N-methyl/N-ethyl adjacent to an activating group) is 1. The van der Waals surface area contributed by atoms with Crippen molar-refractivity contribution in [2.75, 3.05) is 13.6 Å². The molecule has 1 aromatic carbocycles. The summed E-state index contributed by atoms with van der Waals surface area (Å²) in [6.07, 6.45) is 3.04. The Balaban J connectivity index is 2.58. The molecule has 16 heavy (non-hydrogen) atoms. The third-order valence-electron chi connectivity index (χ3n) is 3.07. The number of hydrogen-bond acceptors (Lipinski definition) is 1. The van der Waals surface area contributed by atoms with Gasteiger partial charge in [0.25, 0.3) is 0 Å². The SMILES string of the molecule is C=Cc1cccc(CCN(C)[Si](C)(C)C)c1. The summed E-state index contributed by atoms with van der Waals surface area (Å²) in [6.45, 7) is 12.1. The highest BCUT2D eigenvalue weighted by molar-refractivity contribution is 6.73. The molecule has 1 rings (SSSR count). The first kappa shape index (κ1) is 13.2. The van der Waals surface area contributed by atoms with Crippen LogP contribution in [0.4, 0.5) is 0 Å². The molecule has 0 aromatic heterocycles. The Hall–Kier alpha value is -0.863. The molecule has 0 saturated carbocycles. The van der Waals surface area contributed by atoms with E-state index in [2.05, 4.69) is 62.1 Å². The molecule has 0 amide bonds. The maximum atomic E-state index is 3.80. The molecule has 0 radical (unpaired) electrons. The predicted molar refractivity (Wildman–Crippen MR) is 76.2 cm³/mol. The molecule has 2 heteroatoms. The van der Waals surface area contributed by atoms with Crippen LogP contribution in [0.3, 0.4) is 0 Å². The van der Waals surface area contributed by atoms with Gasteiger partial charge in [0.05, 0.1) is 0 Å². The van der Waals surface area contributed by atoms with Gasteiger partial charge in [0.2, 0.25) is 0 Å². The van der Waals surface area contributed by atoms with Gasteiger partial charge >= 0.3 is 0 Å². The van der Waals surface area contributed by atoms with Crippen molar-refractivity contribution in [3.63, 3.8) is 0 Å². The van der Waals surface area contributed by atoms with Gasteiger partial charge in [-0.25, -0.2) is 0 Å². The van der Waals surface area contributed by atoms with Gasteiger partial charge in [-0.2, -0.15) is 0 Å². The number of benzene rings is 1. The average molecular weight is 233 g/mol. The first-order valence-corrected chi connectivity index (χ1v) is 9.31. The highest BCUT2D eigenvalue weighted by Gasteiger charge is 2.18. The Kier molecular flexibility index (Phi) is 4.51. The van der Waals surface area contributed by atoms with Gasteiger partial charge in [-0.15, -0.1) is 0 Å². The third kappa shape index (κ3) is 3.95. The van der Waals surface area contributed by atoms with Crippen molar-refractivity contribution < 1.29 is 0 Å². The summed E-state index contributed by atoms with van der Waals surface area (Å²) >= 11 is 0. The van der Waals surface area contributed by atoms with E-state index in [1.807, 2.05) is 6.08 Å². The standard InChI is InChI=1S/C14H23NSi/c1-6-13-8-7-9-14(12-13)10-11-15(2)16(3,4)5/h6-9,12H,1,10-11H2,2-5H3. The smallest absolute Gasteiger partial charge is 0.118 e. The topological polar surface area (TPSA) is 3.24 Å². The summed E-state index contributed by atoms with van der Waals surface area (Å²) in [5, 5.41) is 0. The molecular formula is C14H23NSi. The first-order chi connectivity index (χ1) is 7.43. The number of rotatable bonds is 5. The van der Waals surface area contributed by atoms with Crippen LogP contribution in [0.25, 0.3) is 6.08 Å². The van der Waals surface area contributed by atoms with Crippen LogP contribution in [-0.2, 0) is 6.42 Å². The molecule has 0 unspecified atom stereocenters. The van der Waals surface area contributed by atoms with Crippen LogP contribution in [0.2, 0.25) is 19.6 Å². The number of nitrogens with zero attached hydrogens (tertiary/aromatic N) is 1. The van der Waals surface area contributed by atoms with Crippen LogP contribution in [0, 0.1) is 0 Å². The lowest BCUT2D eigenvalue weighted by Gasteiger charge is -2.29. The molecule has 88 valence electrons. The van der Waals surface area contributed by atoms with E-state index in [0.717, 1.165) is 13.0 Å². The van der Waals surface area contributed by atoms with E-state index in [4.69, 9.17) is 0 Å². The summed E-state index contributed by atoms with van der Waals surface area (Å²) in [5.74, 6) is 0. The summed E-state index contributed by atoms with van der Waals surface area (Å²) in [4.78, 5) is 0. The summed E-state index contributed by atoms with van der Waals surface area (Å²) in [6, 6.07) is 8.63. The molecule has 0 bridgehead atoms. The fraction of sp³-hybridized carbons (Fsp3) is 0.429. The van der Waals surface area contributed by atoms with Crippen molar-refractivity contribution in [1.29, 1.82) is 0 Å². The van der Waals surface area contributed by atoms with Gasteiger partial charge in [0.1, 0.15) is 8.24 Å². The van der Waals surface area contributed by atoms with Crippen LogP contribution in [0.5, 0.6) is 0 Å². The largest absolute Gasteiger partial charge is 0.326 e. The minimum atomic E-state index is -1.12. The van der Waals surface area contributed by atoms with E-state index in [1.165, 1.54) is 11.1 Å². The molecule has 0 saturated heterocycles. The lowest BCUT2D eigenvalue weighted by atomic mass is 10.1. The number of hydrogen-bond donors (Lipinski definition) is 0. The lowest BCUT2D eigenvalue weighted by Crippen LogP contribution is -2.44. The zero-order valence-electron chi connectivity index (χ0n) is 11.0. The van der Waals surface area contributed by atoms with Gasteiger partial charge < -0.3 is 4.57 Å². The third-order valence-corrected chi connectivity index (χ3v) is 5.58. The normalized spacial score (nSPS) is 11.8. The molecular weight excluding hydrogens is 210 g/mol. The van der Waals surface area contributed by atoms with Crippen LogP contribution in [0.15, 0.2) is 30.8 Å². The minimum Gasteiger partial charge on any atom is -0.326 e. The predicted octanol–water partition coefficient (Wildman–Crippen LogP) is 3.64. The van der Waals surface area contributed by atoms with Crippen LogP contribution >= 0.6 is 0 Å². The van der Waals surface area contributed by atoms with E-state index in [9.17, 15) is 0 Å². The van der Waals surface area contributed by atoms with Crippen molar-refractivity contribution in [3.8, 4) is 0 Å². The molecule has 0 heterocycles. The quantitative estimate of drug-likeness (QED) is 0.702. The van der Waals surface area contributed by atoms with Crippen molar-refractivity contribution in [3.05, 3.63) is 42.0 Å². The maximum absolute atomic E-state index is 3.80. The second-order valence-corrected chi connectivity index (χ2v) is 10.4. The van der Waals surface area contributed by atoms with E-state index in [-0.39, 0.29) is 0 Å². The van der Waals surface area contributed by atoms with Crippen molar-refractivity contribution in [1.82, 2.24) is 4.57 Å². The second-order valence-electron chi connectivity index (χ2n) is 5.29. The van der Waals surface area contributed by atoms with E-state index >= 15 is 0 Å². The van der Waals surface area contributed by atoms with Crippen molar-refractivity contribution >= 4 is 14.3 Å². The van der Waals surface area contributed by atoms with Crippen molar-refractivity contribution in [2.24, 2.45) is 0 Å². The molecule has 0 aliphatic carbocycles. The van der Waals surface area contributed by atoms with Gasteiger partial charge in [-0.1, -0.05) is 56.6 Å². The maximum Gasteiger partial charge on any atom is 0.118 e. The fourth-order valence-electron chi connectivity index (χ4n) is 1.51. The molecule has 1 aromatic rings. The lowest BCUT2D eigenvalue weighted by molar-refractivity contribution is 0.512. The van der Waals surface area contributed by atoms with Gasteiger partial charge in [-0.05, 0) is 31.1 Å². The Bertz CT molecular complexity index is 352. The van der Waals surface area contributed by atoms with Crippen LogP contribution in [-0.4, -0.2) is 26.4 Å². The average Bonchev–Trinajstić information content (AvgIpc) is 2.25. The Morgan fingerprint density at radius 2 is 2.00 bits per heavy atom. The summed E-state index contributed by atoms with van der Waals surface area (Å²) < 4.78 is 2.52. The van der Waals surface area contributed by atoms with Gasteiger partial charge in [0, 0.05) is 0 Å². The highest BCUT2D eigenvalue weighted by Crippen LogP contribution is 2.10. The minimum absolute atomic E-state index is 1.12. The zero-order valence-corrected chi connectivity index (χ0v) is 12.0. The Morgan fingerprint density at radius 3 is 2.56 bits per heavy atom. The molecule has 0 atom stereocenters. The summed E-state index contributed by atoms with van der Waals surface area (Å²) in [5.41, 5.74) is 2.62. The Morgan fingerprint density at radius 1 is 1.31 bits per heavy atom. The van der Waals surface area contributed by atoms with Crippen molar-refractivity contribution in [2.45, 2.75) is 26.1 Å². The van der Waals surface area contributed by atoms with E-state index < -0.39 is 8.24 Å². The summed E-state index contributed by atoms with van der Waals surface area (Å²) in [7, 11) is 1.12. The molecule has 0 N–H and O–H groups in total. The van der Waals surface area contributed by atoms with E-state index in [1.54, 1.807) is 0 Å². The fourth-order valence-corrected chi connectivity index (χ4v) is 2.29. The molecule has 0 aliphatic rings. The van der Waals surface area contributed by atoms with Crippen LogP contribution in [0.1, 0.15) is 11.1 Å².